The van der Waals surface area contributed by atoms with Gasteiger partial charge in [-0.1, -0.05) is 12.1 Å². The quantitative estimate of drug-likeness (QED) is 0.429. The number of carbonyl (C=O) groups excluding carboxylic acids is 2. The highest BCUT2D eigenvalue weighted by Gasteiger charge is 2.31. The molecule has 1 aromatic rings. The molecule has 1 saturated heterocycles. The predicted octanol–water partition coefficient (Wildman–Crippen LogP) is -1.44. The van der Waals surface area contributed by atoms with Crippen LogP contribution >= 0.6 is 0 Å². The Hall–Kier alpha value is -1.39. The summed E-state index contributed by atoms with van der Waals surface area (Å²) in [5.41, 5.74) is 0.500. The summed E-state index contributed by atoms with van der Waals surface area (Å²) < 4.78 is 11.4. The molecule has 7 nitrogen and oxygen atoms in total. The smallest absolute Gasteiger partial charge is 0.414 e. The molecular formula is C17H26IN3O4. The zero-order chi connectivity index (χ0) is 17.6. The highest BCUT2D eigenvalue weighted by molar-refractivity contribution is 5.93. The van der Waals surface area contributed by atoms with E-state index in [4.69, 9.17) is 9.47 Å². The summed E-state index contributed by atoms with van der Waals surface area (Å²) in [6, 6.07) is 6.94. The minimum atomic E-state index is -0.484. The second-order valence-corrected chi connectivity index (χ2v) is 6.18. The average Bonchev–Trinajstić information content (AvgIpc) is 2.57. The molecule has 1 aliphatic rings. The van der Waals surface area contributed by atoms with E-state index in [2.05, 4.69) is 12.2 Å². The average molecular weight is 463 g/mol. The number of nitrogens with one attached hydrogen (secondary N) is 1. The van der Waals surface area contributed by atoms with Crippen LogP contribution in [0.3, 0.4) is 0 Å². The van der Waals surface area contributed by atoms with Gasteiger partial charge in [0.2, 0.25) is 0 Å². The number of hydrogen-bond acceptors (Lipinski definition) is 4. The van der Waals surface area contributed by atoms with E-state index in [0.29, 0.717) is 35.7 Å². The molecular weight excluding hydrogens is 437 g/mol. The fourth-order valence-corrected chi connectivity index (χ4v) is 2.66. The van der Waals surface area contributed by atoms with Gasteiger partial charge in [0.05, 0.1) is 25.4 Å². The Bertz CT molecular complexity index is 589. The van der Waals surface area contributed by atoms with E-state index < -0.39 is 6.09 Å². The van der Waals surface area contributed by atoms with Gasteiger partial charge in [-0.05, 0) is 19.1 Å². The first kappa shape index (κ1) is 21.7. The van der Waals surface area contributed by atoms with Gasteiger partial charge in [-0.15, -0.1) is 0 Å². The maximum Gasteiger partial charge on any atom is 0.414 e. The molecule has 2 rings (SSSR count). The SMILES string of the molecule is CC[N+]1(CC(=O)Nc2ccccc2OC(=O)N(C)C)CCOCC1.[I-]. The van der Waals surface area contributed by atoms with Crippen LogP contribution in [0.15, 0.2) is 24.3 Å². The number of ether oxygens (including phenoxy) is 2. The minimum absolute atomic E-state index is 0. The van der Waals surface area contributed by atoms with Crippen LogP contribution < -0.4 is 34.0 Å². The molecule has 1 aromatic carbocycles. The van der Waals surface area contributed by atoms with Crippen molar-refractivity contribution in [3.05, 3.63) is 24.3 Å². The fraction of sp³-hybridized carbons (Fsp3) is 0.529. The van der Waals surface area contributed by atoms with Crippen molar-refractivity contribution in [1.82, 2.24) is 4.90 Å². The van der Waals surface area contributed by atoms with Crippen molar-refractivity contribution in [3.63, 3.8) is 0 Å². The Morgan fingerprint density at radius 3 is 2.48 bits per heavy atom. The van der Waals surface area contributed by atoms with Crippen molar-refractivity contribution in [2.45, 2.75) is 6.92 Å². The van der Waals surface area contributed by atoms with Crippen LogP contribution in [-0.2, 0) is 9.53 Å². The van der Waals surface area contributed by atoms with Gasteiger partial charge < -0.3 is 48.2 Å². The van der Waals surface area contributed by atoms with Crippen molar-refractivity contribution in [2.24, 2.45) is 0 Å². The molecule has 0 atom stereocenters. The molecule has 0 aliphatic carbocycles. The summed E-state index contributed by atoms with van der Waals surface area (Å²) in [5.74, 6) is 0.252. The number of nitrogens with zero attached hydrogens (tertiary/aromatic N) is 2. The van der Waals surface area contributed by atoms with Gasteiger partial charge >= 0.3 is 6.09 Å². The summed E-state index contributed by atoms with van der Waals surface area (Å²) in [5, 5.41) is 2.87. The molecule has 8 heteroatoms. The summed E-state index contributed by atoms with van der Waals surface area (Å²) in [4.78, 5) is 25.6. The van der Waals surface area contributed by atoms with Gasteiger partial charge in [0, 0.05) is 14.1 Å². The first-order chi connectivity index (χ1) is 11.5. The first-order valence-electron chi connectivity index (χ1n) is 8.16. The number of likely N-dealkylation sites (N-methyl/N-ethyl adjacent to an activating group) is 1. The topological polar surface area (TPSA) is 67.9 Å². The summed E-state index contributed by atoms with van der Waals surface area (Å²) in [6.45, 7) is 6.38. The molecule has 0 spiro atoms. The number of anilines is 1. The third kappa shape index (κ3) is 6.12. The molecule has 25 heavy (non-hydrogen) atoms. The highest BCUT2D eigenvalue weighted by Crippen LogP contribution is 2.24. The molecule has 2 amide bonds. The van der Waals surface area contributed by atoms with Crippen LogP contribution in [0.4, 0.5) is 10.5 Å². The molecule has 1 aliphatic heterocycles. The Morgan fingerprint density at radius 1 is 1.24 bits per heavy atom. The second kappa shape index (κ2) is 9.93. The van der Waals surface area contributed by atoms with Crippen molar-refractivity contribution in [1.29, 1.82) is 0 Å². The Kier molecular flexibility index (Phi) is 8.60. The van der Waals surface area contributed by atoms with Gasteiger partial charge in [-0.25, -0.2) is 4.79 Å². The number of amides is 2. The van der Waals surface area contributed by atoms with Crippen molar-refractivity contribution < 1.29 is 47.5 Å². The summed E-state index contributed by atoms with van der Waals surface area (Å²) >= 11 is 0. The van der Waals surface area contributed by atoms with Crippen LogP contribution in [0.1, 0.15) is 6.92 Å². The number of para-hydroxylation sites is 2. The van der Waals surface area contributed by atoms with Crippen LogP contribution in [0.25, 0.3) is 0 Å². The summed E-state index contributed by atoms with van der Waals surface area (Å²) in [6.07, 6.45) is -0.484. The normalized spacial score (nSPS) is 15.6. The van der Waals surface area contributed by atoms with Crippen molar-refractivity contribution >= 4 is 17.7 Å². The van der Waals surface area contributed by atoms with E-state index >= 15 is 0 Å². The zero-order valence-corrected chi connectivity index (χ0v) is 17.1. The molecule has 0 saturated carbocycles. The highest BCUT2D eigenvalue weighted by atomic mass is 127. The van der Waals surface area contributed by atoms with Crippen LogP contribution in [-0.4, -0.2) is 74.9 Å². The monoisotopic (exact) mass is 463 g/mol. The van der Waals surface area contributed by atoms with Crippen molar-refractivity contribution in [3.8, 4) is 5.75 Å². The van der Waals surface area contributed by atoms with E-state index in [9.17, 15) is 9.59 Å². The third-order valence-electron chi connectivity index (χ3n) is 4.29. The number of halogens is 1. The summed E-state index contributed by atoms with van der Waals surface area (Å²) in [7, 11) is 3.22. The van der Waals surface area contributed by atoms with Crippen LogP contribution in [0.5, 0.6) is 5.75 Å². The Balaban J connectivity index is 0.00000312. The molecule has 0 bridgehead atoms. The van der Waals surface area contributed by atoms with E-state index in [-0.39, 0.29) is 29.9 Å². The van der Waals surface area contributed by atoms with Crippen LogP contribution in [0.2, 0.25) is 0 Å². The molecule has 1 N–H and O–H groups in total. The van der Waals surface area contributed by atoms with E-state index in [1.54, 1.807) is 38.4 Å². The lowest BCUT2D eigenvalue weighted by molar-refractivity contribution is -0.926. The largest absolute Gasteiger partial charge is 1.00 e. The Labute approximate surface area is 165 Å². The minimum Gasteiger partial charge on any atom is -1.00 e. The van der Waals surface area contributed by atoms with Gasteiger partial charge in [0.25, 0.3) is 5.91 Å². The first-order valence-corrected chi connectivity index (χ1v) is 8.16. The number of benzene rings is 1. The molecule has 0 radical (unpaired) electrons. The van der Waals surface area contributed by atoms with Gasteiger partial charge in [0.15, 0.2) is 12.3 Å². The lowest BCUT2D eigenvalue weighted by Gasteiger charge is -2.39. The molecule has 0 aromatic heterocycles. The number of carbonyl (C=O) groups is 2. The zero-order valence-electron chi connectivity index (χ0n) is 15.0. The number of quaternary nitrogens is 1. The van der Waals surface area contributed by atoms with E-state index in [0.717, 1.165) is 19.6 Å². The van der Waals surface area contributed by atoms with E-state index in [1.807, 2.05) is 0 Å². The molecule has 1 heterocycles. The van der Waals surface area contributed by atoms with Gasteiger partial charge in [-0.2, -0.15) is 0 Å². The van der Waals surface area contributed by atoms with Gasteiger partial charge in [-0.3, -0.25) is 4.79 Å². The number of morpholine rings is 1. The number of hydrogen-bond donors (Lipinski definition) is 1. The standard InChI is InChI=1S/C17H25N3O4.HI/c1-4-20(9-11-23-12-10-20)13-16(21)18-14-7-5-6-8-15(14)24-17(22)19(2)3;/h5-8H,4,9-13H2,1-3H3;1H. The molecule has 0 unspecified atom stereocenters. The lowest BCUT2D eigenvalue weighted by Crippen LogP contribution is -3.00. The van der Waals surface area contributed by atoms with Gasteiger partial charge in [0.1, 0.15) is 13.1 Å². The maximum atomic E-state index is 12.5. The fourth-order valence-electron chi connectivity index (χ4n) is 2.66. The van der Waals surface area contributed by atoms with E-state index in [1.165, 1.54) is 4.90 Å². The lowest BCUT2D eigenvalue weighted by atomic mass is 10.2. The molecule has 140 valence electrons. The molecule has 1 fully saturated rings. The predicted molar refractivity (Wildman–Crippen MR) is 91.0 cm³/mol. The van der Waals surface area contributed by atoms with Crippen LogP contribution in [0, 0.1) is 0 Å². The Morgan fingerprint density at radius 2 is 1.88 bits per heavy atom. The maximum absolute atomic E-state index is 12.5. The second-order valence-electron chi connectivity index (χ2n) is 6.18. The number of rotatable bonds is 5. The van der Waals surface area contributed by atoms with Crippen molar-refractivity contribution in [2.75, 3.05) is 58.8 Å². The third-order valence-corrected chi connectivity index (χ3v) is 4.29.